The van der Waals surface area contributed by atoms with Gasteiger partial charge in [-0.25, -0.2) is 27.8 Å². The van der Waals surface area contributed by atoms with Gasteiger partial charge in [-0.3, -0.25) is 0 Å². The predicted molar refractivity (Wildman–Crippen MR) is 125 cm³/mol. The first-order chi connectivity index (χ1) is 18.6. The Bertz CT molecular complexity index is 1520. The third-order valence-corrected chi connectivity index (χ3v) is 6.79. The zero-order chi connectivity index (χ0) is 29.6. The molecule has 3 aromatic rings. The van der Waals surface area contributed by atoms with Crippen LogP contribution in [0.5, 0.6) is 0 Å². The zero-order valence-corrected chi connectivity index (χ0v) is 20.7. The van der Waals surface area contributed by atoms with Crippen LogP contribution in [0.4, 0.5) is 13.2 Å². The molecule has 1 aliphatic heterocycles. The van der Waals surface area contributed by atoms with Crippen LogP contribution in [0.1, 0.15) is 16.1 Å². The standard InChI is InChI=1S/C23H20F3N3O10S/c24-23(25,26)15-9-14(29(28-15)12-5-7-13(8-6-12)40(27,36)37)10-1-3-11(4-2-10)21(35)39-22-18(32)16(30)17(31)19(38-22)20(33)34/h1-9,16-19,22,30-32H,(H,33,34)(H2,27,36,37)/t16-,17-,18+,19-,22-/m0/s1. The largest absolute Gasteiger partial charge is 0.479 e. The minimum atomic E-state index is -4.82. The highest BCUT2D eigenvalue weighted by Gasteiger charge is 2.48. The molecule has 0 radical (unpaired) electrons. The Kier molecular flexibility index (Phi) is 7.72. The highest BCUT2D eigenvalue weighted by Crippen LogP contribution is 2.33. The molecule has 5 atom stereocenters. The second-order valence-corrected chi connectivity index (χ2v) is 10.1. The molecule has 214 valence electrons. The molecule has 6 N–H and O–H groups in total. The van der Waals surface area contributed by atoms with Gasteiger partial charge in [0.05, 0.1) is 21.8 Å². The van der Waals surface area contributed by atoms with Crippen molar-refractivity contribution in [2.45, 2.75) is 41.8 Å². The summed E-state index contributed by atoms with van der Waals surface area (Å²) in [5.74, 6) is -2.83. The van der Waals surface area contributed by atoms with Crippen molar-refractivity contribution < 1.29 is 61.1 Å². The fraction of sp³-hybridized carbons (Fsp3) is 0.261. The molecule has 4 rings (SSSR count). The molecule has 0 unspecified atom stereocenters. The smallest absolute Gasteiger partial charge is 0.435 e. The molecule has 0 spiro atoms. The van der Waals surface area contributed by atoms with E-state index in [9.17, 15) is 46.5 Å². The maximum Gasteiger partial charge on any atom is 0.435 e. The van der Waals surface area contributed by atoms with Crippen molar-refractivity contribution in [1.29, 1.82) is 0 Å². The van der Waals surface area contributed by atoms with E-state index in [0.717, 1.165) is 35.0 Å². The van der Waals surface area contributed by atoms with E-state index in [2.05, 4.69) is 5.10 Å². The number of primary sulfonamides is 1. The number of alkyl halides is 3. The van der Waals surface area contributed by atoms with Crippen LogP contribution >= 0.6 is 0 Å². The first-order valence-corrected chi connectivity index (χ1v) is 12.7. The summed E-state index contributed by atoms with van der Waals surface area (Å²) in [7, 11) is -4.06. The molecule has 1 saturated heterocycles. The van der Waals surface area contributed by atoms with E-state index in [1.54, 1.807) is 0 Å². The number of carboxylic acids is 1. The Balaban J connectivity index is 1.61. The highest BCUT2D eigenvalue weighted by atomic mass is 32.2. The molecular formula is C23H20F3N3O10S. The predicted octanol–water partition coefficient (Wildman–Crippen LogP) is 0.254. The average molecular weight is 587 g/mol. The summed E-state index contributed by atoms with van der Waals surface area (Å²) in [5, 5.41) is 47.3. The number of rotatable bonds is 6. The number of hydrogen-bond donors (Lipinski definition) is 5. The minimum Gasteiger partial charge on any atom is -0.479 e. The van der Waals surface area contributed by atoms with Gasteiger partial charge in [0.2, 0.25) is 16.3 Å². The van der Waals surface area contributed by atoms with E-state index in [4.69, 9.17) is 19.7 Å². The van der Waals surface area contributed by atoms with Crippen molar-refractivity contribution in [3.63, 3.8) is 0 Å². The zero-order valence-electron chi connectivity index (χ0n) is 19.8. The van der Waals surface area contributed by atoms with E-state index in [-0.39, 0.29) is 27.4 Å². The lowest BCUT2D eigenvalue weighted by Crippen LogP contribution is -2.60. The van der Waals surface area contributed by atoms with Crippen LogP contribution in [0.25, 0.3) is 16.9 Å². The molecule has 0 saturated carbocycles. The number of nitrogens with zero attached hydrogens (tertiary/aromatic N) is 2. The van der Waals surface area contributed by atoms with Crippen molar-refractivity contribution >= 4 is 22.0 Å². The third kappa shape index (κ3) is 5.83. The first-order valence-electron chi connectivity index (χ1n) is 11.1. The number of sulfonamides is 1. The summed E-state index contributed by atoms with van der Waals surface area (Å²) in [5.41, 5.74) is -1.31. The van der Waals surface area contributed by atoms with Crippen LogP contribution < -0.4 is 5.14 Å². The van der Waals surface area contributed by atoms with Crippen molar-refractivity contribution in [3.05, 3.63) is 65.9 Å². The summed E-state index contributed by atoms with van der Waals surface area (Å²) in [4.78, 5) is 23.5. The first kappa shape index (κ1) is 29.1. The van der Waals surface area contributed by atoms with Gasteiger partial charge in [0.25, 0.3) is 0 Å². The Morgan fingerprint density at radius 1 is 0.975 bits per heavy atom. The maximum atomic E-state index is 13.5. The summed E-state index contributed by atoms with van der Waals surface area (Å²) in [6, 6.07) is 10.1. The van der Waals surface area contributed by atoms with Gasteiger partial charge in [-0.15, -0.1) is 0 Å². The van der Waals surface area contributed by atoms with Crippen LogP contribution in [0.3, 0.4) is 0 Å². The number of carbonyl (C=O) groups is 2. The van der Waals surface area contributed by atoms with Crippen molar-refractivity contribution in [2.75, 3.05) is 0 Å². The molecule has 0 bridgehead atoms. The number of nitrogens with two attached hydrogens (primary N) is 1. The van der Waals surface area contributed by atoms with Crippen LogP contribution in [0, 0.1) is 0 Å². The Labute approximate surface area is 222 Å². The minimum absolute atomic E-state index is 0.0681. The van der Waals surface area contributed by atoms with E-state index in [1.165, 1.54) is 24.3 Å². The second-order valence-electron chi connectivity index (χ2n) is 8.58. The van der Waals surface area contributed by atoms with Crippen molar-refractivity contribution in [2.24, 2.45) is 5.14 Å². The number of halogens is 3. The fourth-order valence-electron chi connectivity index (χ4n) is 3.80. The number of benzene rings is 2. The number of ether oxygens (including phenoxy) is 2. The molecule has 0 aliphatic carbocycles. The number of aromatic nitrogens is 2. The molecule has 1 aromatic heterocycles. The van der Waals surface area contributed by atoms with Crippen LogP contribution in [0.2, 0.25) is 0 Å². The van der Waals surface area contributed by atoms with Gasteiger partial charge < -0.3 is 29.9 Å². The number of aliphatic carboxylic acids is 1. The molecule has 13 nitrogen and oxygen atoms in total. The van der Waals surface area contributed by atoms with Crippen LogP contribution in [-0.4, -0.2) is 81.3 Å². The van der Waals surface area contributed by atoms with Gasteiger partial charge >= 0.3 is 18.1 Å². The molecule has 0 amide bonds. The summed E-state index contributed by atoms with van der Waals surface area (Å²) in [6.07, 6.45) is -14.8. The lowest BCUT2D eigenvalue weighted by atomic mass is 9.99. The van der Waals surface area contributed by atoms with Crippen LogP contribution in [0.15, 0.2) is 59.5 Å². The van der Waals surface area contributed by atoms with E-state index in [1.807, 2.05) is 0 Å². The number of carboxylic acid groups (broad SMARTS) is 1. The molecule has 1 aliphatic rings. The summed E-state index contributed by atoms with van der Waals surface area (Å²) in [6.45, 7) is 0. The van der Waals surface area contributed by atoms with Crippen molar-refractivity contribution in [1.82, 2.24) is 9.78 Å². The van der Waals surface area contributed by atoms with Gasteiger partial charge in [0, 0.05) is 5.56 Å². The SMILES string of the molecule is NS(=O)(=O)c1ccc(-n2nc(C(F)(F)F)cc2-c2ccc(C(=O)O[C@@H]3O[C@H](C(=O)O)[C@@H](O)[C@H](O)[C@H]3O)cc2)cc1. The second kappa shape index (κ2) is 10.6. The normalized spacial score (nSPS) is 23.5. The van der Waals surface area contributed by atoms with Gasteiger partial charge in [-0.1, -0.05) is 12.1 Å². The quantitative estimate of drug-likeness (QED) is 0.247. The van der Waals surface area contributed by atoms with E-state index >= 15 is 0 Å². The van der Waals surface area contributed by atoms with E-state index < -0.39 is 64.5 Å². The molecule has 2 aromatic carbocycles. The van der Waals surface area contributed by atoms with Gasteiger partial charge in [0.1, 0.15) is 18.3 Å². The Hall–Kier alpha value is -3.87. The number of hydrogen-bond acceptors (Lipinski definition) is 10. The average Bonchev–Trinajstić information content (AvgIpc) is 3.35. The molecular weight excluding hydrogens is 567 g/mol. The number of aliphatic hydroxyl groups is 3. The lowest BCUT2D eigenvalue weighted by molar-refractivity contribution is -0.278. The maximum absolute atomic E-state index is 13.5. The number of aliphatic hydroxyl groups excluding tert-OH is 3. The summed E-state index contributed by atoms with van der Waals surface area (Å²) < 4.78 is 74.1. The monoisotopic (exact) mass is 587 g/mol. The van der Waals surface area contributed by atoms with Crippen LogP contribution in [-0.2, 0) is 30.5 Å². The third-order valence-electron chi connectivity index (χ3n) is 5.86. The fourth-order valence-corrected chi connectivity index (χ4v) is 4.31. The molecule has 2 heterocycles. The van der Waals surface area contributed by atoms with E-state index in [0.29, 0.717) is 0 Å². The number of esters is 1. The highest BCUT2D eigenvalue weighted by molar-refractivity contribution is 7.89. The topological polar surface area (TPSA) is 211 Å². The molecule has 17 heteroatoms. The Morgan fingerprint density at radius 2 is 1.57 bits per heavy atom. The molecule has 40 heavy (non-hydrogen) atoms. The summed E-state index contributed by atoms with van der Waals surface area (Å²) >= 11 is 0. The van der Waals surface area contributed by atoms with Crippen molar-refractivity contribution in [3.8, 4) is 16.9 Å². The Morgan fingerprint density at radius 3 is 2.10 bits per heavy atom. The number of carbonyl (C=O) groups excluding carboxylic acids is 1. The van der Waals surface area contributed by atoms with Gasteiger partial charge in [-0.05, 0) is 42.5 Å². The molecule has 1 fully saturated rings. The lowest BCUT2D eigenvalue weighted by Gasteiger charge is -2.37. The van der Waals surface area contributed by atoms with Gasteiger partial charge in [0.15, 0.2) is 11.8 Å². The van der Waals surface area contributed by atoms with Gasteiger partial charge in [-0.2, -0.15) is 18.3 Å².